The quantitative estimate of drug-likeness (QED) is 0.564. The van der Waals surface area contributed by atoms with Gasteiger partial charge in [0.1, 0.15) is 0 Å². The van der Waals surface area contributed by atoms with E-state index < -0.39 is 0 Å². The van der Waals surface area contributed by atoms with Crippen molar-refractivity contribution in [3.8, 4) is 11.5 Å². The topological polar surface area (TPSA) is 71.3 Å². The third-order valence-electron chi connectivity index (χ3n) is 5.13. The summed E-state index contributed by atoms with van der Waals surface area (Å²) in [5.41, 5.74) is 6.42. The van der Waals surface area contributed by atoms with Gasteiger partial charge in [-0.25, -0.2) is 0 Å². The molecule has 1 aromatic heterocycles. The molecule has 0 atom stereocenters. The van der Waals surface area contributed by atoms with Crippen LogP contribution >= 0.6 is 11.8 Å². The van der Waals surface area contributed by atoms with Crippen molar-refractivity contribution in [3.63, 3.8) is 0 Å². The van der Waals surface area contributed by atoms with Crippen molar-refractivity contribution < 1.29 is 9.21 Å². The lowest BCUT2D eigenvalue weighted by atomic mass is 10.1. The molecule has 1 fully saturated rings. The van der Waals surface area contributed by atoms with Crippen LogP contribution in [0.25, 0.3) is 11.5 Å². The summed E-state index contributed by atoms with van der Waals surface area (Å²) in [5.74, 6) is 0.582. The number of aryl methyl sites for hydroxylation is 3. The Balaban J connectivity index is 1.34. The Kier molecular flexibility index (Phi) is 6.08. The van der Waals surface area contributed by atoms with Gasteiger partial charge in [-0.3, -0.25) is 4.79 Å². The summed E-state index contributed by atoms with van der Waals surface area (Å²) in [6, 6.07) is 12.2. The summed E-state index contributed by atoms with van der Waals surface area (Å²) in [4.78, 5) is 14.8. The van der Waals surface area contributed by atoms with Crippen LogP contribution in [-0.2, 0) is 4.79 Å². The van der Waals surface area contributed by atoms with E-state index >= 15 is 0 Å². The zero-order valence-corrected chi connectivity index (χ0v) is 18.4. The molecule has 1 aliphatic heterocycles. The van der Waals surface area contributed by atoms with Crippen LogP contribution in [-0.4, -0.2) is 34.9 Å². The first-order chi connectivity index (χ1) is 14.5. The summed E-state index contributed by atoms with van der Waals surface area (Å²) < 4.78 is 5.73. The molecule has 4 rings (SSSR count). The smallest absolute Gasteiger partial charge is 0.277 e. The second kappa shape index (κ2) is 8.92. The number of hydrogen-bond donors (Lipinski definition) is 1. The van der Waals surface area contributed by atoms with Crippen LogP contribution in [0.1, 0.15) is 29.5 Å². The molecule has 7 heteroatoms. The first-order valence-corrected chi connectivity index (χ1v) is 11.2. The molecule has 0 aliphatic carbocycles. The van der Waals surface area contributed by atoms with E-state index in [-0.39, 0.29) is 11.7 Å². The molecule has 1 N–H and O–H groups in total. The highest BCUT2D eigenvalue weighted by Crippen LogP contribution is 2.28. The maximum Gasteiger partial charge on any atom is 0.277 e. The molecular weight excluding hydrogens is 396 g/mol. The Morgan fingerprint density at radius 3 is 2.50 bits per heavy atom. The second-order valence-electron chi connectivity index (χ2n) is 7.78. The van der Waals surface area contributed by atoms with E-state index in [0.29, 0.717) is 11.1 Å². The summed E-state index contributed by atoms with van der Waals surface area (Å²) >= 11 is 1.24. The van der Waals surface area contributed by atoms with Crippen molar-refractivity contribution in [2.45, 2.75) is 38.8 Å². The first-order valence-electron chi connectivity index (χ1n) is 10.2. The summed E-state index contributed by atoms with van der Waals surface area (Å²) in [6.07, 6.45) is 2.49. The normalized spacial score (nSPS) is 13.6. The average Bonchev–Trinajstić information content (AvgIpc) is 3.38. The van der Waals surface area contributed by atoms with Gasteiger partial charge in [0.15, 0.2) is 0 Å². The monoisotopic (exact) mass is 422 g/mol. The van der Waals surface area contributed by atoms with E-state index in [9.17, 15) is 4.79 Å². The van der Waals surface area contributed by atoms with Gasteiger partial charge in [0.25, 0.3) is 5.22 Å². The fourth-order valence-electron chi connectivity index (χ4n) is 3.85. The minimum Gasteiger partial charge on any atom is -0.411 e. The number of aromatic nitrogens is 2. The van der Waals surface area contributed by atoms with Gasteiger partial charge in [-0.15, -0.1) is 10.2 Å². The number of carbonyl (C=O) groups is 1. The van der Waals surface area contributed by atoms with Crippen molar-refractivity contribution in [1.82, 2.24) is 10.2 Å². The van der Waals surface area contributed by atoms with Crippen LogP contribution in [0.15, 0.2) is 46.0 Å². The van der Waals surface area contributed by atoms with E-state index in [0.717, 1.165) is 35.5 Å². The molecule has 6 nitrogen and oxygen atoms in total. The third kappa shape index (κ3) is 4.84. The first kappa shape index (κ1) is 20.5. The maximum atomic E-state index is 12.4. The van der Waals surface area contributed by atoms with E-state index in [4.69, 9.17) is 4.42 Å². The van der Waals surface area contributed by atoms with Crippen molar-refractivity contribution in [2.75, 3.05) is 29.1 Å². The maximum absolute atomic E-state index is 12.4. The van der Waals surface area contributed by atoms with Gasteiger partial charge in [0, 0.05) is 30.0 Å². The average molecular weight is 423 g/mol. The molecule has 30 heavy (non-hydrogen) atoms. The van der Waals surface area contributed by atoms with Crippen LogP contribution in [0.2, 0.25) is 0 Å². The minimum absolute atomic E-state index is 0.0977. The molecule has 0 saturated carbocycles. The molecule has 1 amide bonds. The van der Waals surface area contributed by atoms with Crippen LogP contribution < -0.4 is 10.2 Å². The molecule has 2 aromatic carbocycles. The van der Waals surface area contributed by atoms with Gasteiger partial charge in [-0.1, -0.05) is 29.0 Å². The highest BCUT2D eigenvalue weighted by molar-refractivity contribution is 7.99. The van der Waals surface area contributed by atoms with Crippen molar-refractivity contribution >= 4 is 29.0 Å². The fourth-order valence-corrected chi connectivity index (χ4v) is 4.42. The van der Waals surface area contributed by atoms with Crippen molar-refractivity contribution in [3.05, 3.63) is 53.1 Å². The molecule has 156 valence electrons. The van der Waals surface area contributed by atoms with E-state index in [1.807, 2.05) is 38.1 Å². The number of rotatable bonds is 6. The SMILES string of the molecule is Cc1cc(C)cc(-c2nnc(SCC(=O)Nc3ccc(N4CCCC4)c(C)c3)o2)c1. The zero-order chi connectivity index (χ0) is 21.1. The van der Waals surface area contributed by atoms with E-state index in [1.165, 1.54) is 35.9 Å². The zero-order valence-electron chi connectivity index (χ0n) is 17.6. The number of amides is 1. The standard InChI is InChI=1S/C23H26N4O2S/c1-15-10-16(2)12-18(11-15)22-25-26-23(29-22)30-14-21(28)24-19-6-7-20(17(3)13-19)27-8-4-5-9-27/h6-7,10-13H,4-5,8-9,14H2,1-3H3,(H,24,28). The molecule has 0 radical (unpaired) electrons. The lowest BCUT2D eigenvalue weighted by Gasteiger charge is -2.20. The molecule has 0 spiro atoms. The van der Waals surface area contributed by atoms with Crippen LogP contribution in [0.5, 0.6) is 0 Å². The Bertz CT molecular complexity index is 1040. The molecular formula is C23H26N4O2S. The summed E-state index contributed by atoms with van der Waals surface area (Å²) in [5, 5.41) is 11.5. The Hall–Kier alpha value is -2.80. The predicted octanol–water partition coefficient (Wildman–Crippen LogP) is 4.99. The summed E-state index contributed by atoms with van der Waals surface area (Å²) in [7, 11) is 0. The van der Waals surface area contributed by atoms with Crippen molar-refractivity contribution in [2.24, 2.45) is 0 Å². The van der Waals surface area contributed by atoms with Crippen molar-refractivity contribution in [1.29, 1.82) is 0 Å². The molecule has 1 saturated heterocycles. The number of carbonyl (C=O) groups excluding carboxylic acids is 1. The molecule has 1 aliphatic rings. The number of thioether (sulfide) groups is 1. The van der Waals surface area contributed by atoms with Crippen LogP contribution in [0.4, 0.5) is 11.4 Å². The van der Waals surface area contributed by atoms with Gasteiger partial charge in [-0.2, -0.15) is 0 Å². The third-order valence-corrected chi connectivity index (χ3v) is 5.95. The lowest BCUT2D eigenvalue weighted by Crippen LogP contribution is -2.19. The molecule has 0 unspecified atom stereocenters. The fraction of sp³-hybridized carbons (Fsp3) is 0.348. The van der Waals surface area contributed by atoms with Gasteiger partial charge < -0.3 is 14.6 Å². The number of hydrogen-bond acceptors (Lipinski definition) is 6. The van der Waals surface area contributed by atoms with Crippen LogP contribution in [0.3, 0.4) is 0 Å². The molecule has 0 bridgehead atoms. The van der Waals surface area contributed by atoms with Gasteiger partial charge in [0.2, 0.25) is 11.8 Å². The van der Waals surface area contributed by atoms with Crippen LogP contribution in [0, 0.1) is 20.8 Å². The number of nitrogens with zero attached hydrogens (tertiary/aromatic N) is 3. The highest BCUT2D eigenvalue weighted by Gasteiger charge is 2.15. The van der Waals surface area contributed by atoms with Gasteiger partial charge in [0.05, 0.1) is 5.75 Å². The van der Waals surface area contributed by atoms with E-state index in [2.05, 4.69) is 39.5 Å². The minimum atomic E-state index is -0.0977. The number of benzene rings is 2. The molecule has 2 heterocycles. The van der Waals surface area contributed by atoms with Gasteiger partial charge in [-0.05, 0) is 69.5 Å². The number of anilines is 2. The van der Waals surface area contributed by atoms with Gasteiger partial charge >= 0.3 is 0 Å². The highest BCUT2D eigenvalue weighted by atomic mass is 32.2. The second-order valence-corrected chi connectivity index (χ2v) is 8.71. The lowest BCUT2D eigenvalue weighted by molar-refractivity contribution is -0.113. The Morgan fingerprint density at radius 1 is 1.07 bits per heavy atom. The van der Waals surface area contributed by atoms with E-state index in [1.54, 1.807) is 0 Å². The summed E-state index contributed by atoms with van der Waals surface area (Å²) in [6.45, 7) is 8.37. The molecule has 3 aromatic rings. The number of nitrogens with one attached hydrogen (secondary N) is 1. The Morgan fingerprint density at radius 2 is 1.80 bits per heavy atom. The largest absolute Gasteiger partial charge is 0.411 e. The Labute approximate surface area is 181 Å². The predicted molar refractivity (Wildman–Crippen MR) is 121 cm³/mol.